The highest BCUT2D eigenvalue weighted by atomic mass is 35.5. The second kappa shape index (κ2) is 6.01. The maximum absolute atomic E-state index is 11.1. The molecule has 0 aliphatic carbocycles. The van der Waals surface area contributed by atoms with Gasteiger partial charge in [0.1, 0.15) is 12.4 Å². The largest absolute Gasteiger partial charge is 0.489 e. The SMILES string of the molecule is NS(=O)(=O)c1ccc(OCc2ccc(Cl)cc2Cl)cc1. The summed E-state index contributed by atoms with van der Waals surface area (Å²) in [5, 5.41) is 6.07. The van der Waals surface area contributed by atoms with Gasteiger partial charge in [-0.3, -0.25) is 0 Å². The van der Waals surface area contributed by atoms with Gasteiger partial charge in [0, 0.05) is 15.6 Å². The number of ether oxygens (including phenoxy) is 1. The molecule has 2 rings (SSSR count). The fraction of sp³-hybridized carbons (Fsp3) is 0.0769. The summed E-state index contributed by atoms with van der Waals surface area (Å²) >= 11 is 11.8. The van der Waals surface area contributed by atoms with E-state index in [0.29, 0.717) is 15.8 Å². The van der Waals surface area contributed by atoms with Crippen molar-refractivity contribution in [3.8, 4) is 5.75 Å². The highest BCUT2D eigenvalue weighted by Gasteiger charge is 2.07. The monoisotopic (exact) mass is 331 g/mol. The third-order valence-electron chi connectivity index (χ3n) is 2.56. The fourth-order valence-corrected chi connectivity index (χ4v) is 2.50. The third kappa shape index (κ3) is 3.86. The average Bonchev–Trinajstić information content (AvgIpc) is 2.37. The number of hydrogen-bond acceptors (Lipinski definition) is 3. The minimum atomic E-state index is -3.69. The number of rotatable bonds is 4. The maximum Gasteiger partial charge on any atom is 0.238 e. The number of halogens is 2. The van der Waals surface area contributed by atoms with Crippen LogP contribution in [0.15, 0.2) is 47.4 Å². The normalized spacial score (nSPS) is 11.3. The van der Waals surface area contributed by atoms with Gasteiger partial charge in [0.05, 0.1) is 4.90 Å². The minimum Gasteiger partial charge on any atom is -0.489 e. The summed E-state index contributed by atoms with van der Waals surface area (Å²) < 4.78 is 27.7. The van der Waals surface area contributed by atoms with E-state index >= 15 is 0 Å². The van der Waals surface area contributed by atoms with Gasteiger partial charge in [-0.15, -0.1) is 0 Å². The van der Waals surface area contributed by atoms with Crippen LogP contribution in [0.3, 0.4) is 0 Å². The van der Waals surface area contributed by atoms with Crippen LogP contribution in [0.1, 0.15) is 5.56 Å². The molecule has 0 radical (unpaired) electrons. The number of sulfonamides is 1. The smallest absolute Gasteiger partial charge is 0.238 e. The van der Waals surface area contributed by atoms with E-state index in [4.69, 9.17) is 33.1 Å². The molecule has 0 saturated heterocycles. The van der Waals surface area contributed by atoms with Gasteiger partial charge in [0.15, 0.2) is 0 Å². The average molecular weight is 332 g/mol. The first-order chi connectivity index (χ1) is 9.36. The van der Waals surface area contributed by atoms with E-state index in [1.807, 2.05) is 0 Å². The maximum atomic E-state index is 11.1. The van der Waals surface area contributed by atoms with Crippen molar-refractivity contribution in [3.05, 3.63) is 58.1 Å². The van der Waals surface area contributed by atoms with Crippen molar-refractivity contribution in [1.29, 1.82) is 0 Å². The molecule has 0 atom stereocenters. The summed E-state index contributed by atoms with van der Waals surface area (Å²) in [6.45, 7) is 0.255. The van der Waals surface area contributed by atoms with E-state index < -0.39 is 10.0 Å². The van der Waals surface area contributed by atoms with E-state index in [9.17, 15) is 8.42 Å². The Morgan fingerprint density at radius 3 is 2.25 bits per heavy atom. The molecule has 0 amide bonds. The van der Waals surface area contributed by atoms with Crippen molar-refractivity contribution in [2.75, 3.05) is 0 Å². The lowest BCUT2D eigenvalue weighted by atomic mass is 10.2. The van der Waals surface area contributed by atoms with E-state index in [1.165, 1.54) is 24.3 Å². The summed E-state index contributed by atoms with van der Waals surface area (Å²) in [6, 6.07) is 10.9. The quantitative estimate of drug-likeness (QED) is 0.935. The molecule has 0 saturated carbocycles. The lowest BCUT2D eigenvalue weighted by Gasteiger charge is -2.08. The molecule has 2 N–H and O–H groups in total. The van der Waals surface area contributed by atoms with Crippen molar-refractivity contribution in [2.24, 2.45) is 5.14 Å². The number of benzene rings is 2. The number of nitrogens with two attached hydrogens (primary N) is 1. The van der Waals surface area contributed by atoms with Crippen LogP contribution in [0.2, 0.25) is 10.0 Å². The second-order valence-electron chi connectivity index (χ2n) is 4.04. The molecule has 0 heterocycles. The van der Waals surface area contributed by atoms with Crippen LogP contribution in [0.5, 0.6) is 5.75 Å². The summed E-state index contributed by atoms with van der Waals surface area (Å²) in [7, 11) is -3.69. The van der Waals surface area contributed by atoms with Gasteiger partial charge in [-0.2, -0.15) is 0 Å². The zero-order chi connectivity index (χ0) is 14.8. The summed E-state index contributed by atoms with van der Waals surface area (Å²) in [5.74, 6) is 0.517. The van der Waals surface area contributed by atoms with Crippen molar-refractivity contribution in [1.82, 2.24) is 0 Å². The first kappa shape index (κ1) is 15.1. The Kier molecular flexibility index (Phi) is 4.55. The van der Waals surface area contributed by atoms with Gasteiger partial charge in [-0.25, -0.2) is 13.6 Å². The Morgan fingerprint density at radius 2 is 1.70 bits per heavy atom. The highest BCUT2D eigenvalue weighted by Crippen LogP contribution is 2.23. The summed E-state index contributed by atoms with van der Waals surface area (Å²) in [6.07, 6.45) is 0. The number of primary sulfonamides is 1. The Balaban J connectivity index is 2.08. The molecule has 7 heteroatoms. The van der Waals surface area contributed by atoms with E-state index in [0.717, 1.165) is 5.56 Å². The van der Waals surface area contributed by atoms with E-state index in [-0.39, 0.29) is 11.5 Å². The van der Waals surface area contributed by atoms with Gasteiger partial charge < -0.3 is 4.74 Å². The van der Waals surface area contributed by atoms with Gasteiger partial charge >= 0.3 is 0 Å². The molecule has 2 aromatic carbocycles. The minimum absolute atomic E-state index is 0.0365. The molecular formula is C13H11Cl2NO3S. The zero-order valence-corrected chi connectivity index (χ0v) is 12.5. The Hall–Kier alpha value is -1.27. The first-order valence-corrected chi connectivity index (χ1v) is 7.86. The third-order valence-corrected chi connectivity index (χ3v) is 4.08. The predicted molar refractivity (Wildman–Crippen MR) is 78.6 cm³/mol. The Labute approximate surface area is 127 Å². The van der Waals surface area contributed by atoms with Crippen molar-refractivity contribution in [3.63, 3.8) is 0 Å². The van der Waals surface area contributed by atoms with Crippen LogP contribution in [0, 0.1) is 0 Å². The molecule has 0 aliphatic rings. The Bertz CT molecular complexity index is 715. The fourth-order valence-electron chi connectivity index (χ4n) is 1.53. The van der Waals surface area contributed by atoms with E-state index in [1.54, 1.807) is 18.2 Å². The van der Waals surface area contributed by atoms with Crippen LogP contribution < -0.4 is 9.88 Å². The summed E-state index contributed by atoms with van der Waals surface area (Å²) in [5.41, 5.74) is 0.784. The van der Waals surface area contributed by atoms with Crippen molar-refractivity contribution < 1.29 is 13.2 Å². The van der Waals surface area contributed by atoms with Crippen LogP contribution in [-0.4, -0.2) is 8.42 Å². The second-order valence-corrected chi connectivity index (χ2v) is 6.45. The van der Waals surface area contributed by atoms with Gasteiger partial charge in [0.25, 0.3) is 0 Å². The molecule has 0 fully saturated rings. The molecule has 0 aromatic heterocycles. The topological polar surface area (TPSA) is 69.4 Å². The lowest BCUT2D eigenvalue weighted by Crippen LogP contribution is -2.11. The highest BCUT2D eigenvalue weighted by molar-refractivity contribution is 7.89. The molecule has 0 aliphatic heterocycles. The van der Waals surface area contributed by atoms with Crippen molar-refractivity contribution in [2.45, 2.75) is 11.5 Å². The van der Waals surface area contributed by atoms with Crippen LogP contribution >= 0.6 is 23.2 Å². The molecule has 4 nitrogen and oxygen atoms in total. The van der Waals surface area contributed by atoms with Crippen LogP contribution in [0.4, 0.5) is 0 Å². The predicted octanol–water partition coefficient (Wildman–Crippen LogP) is 3.22. The molecular weight excluding hydrogens is 321 g/mol. The van der Waals surface area contributed by atoms with Gasteiger partial charge in [-0.05, 0) is 36.4 Å². The van der Waals surface area contributed by atoms with Crippen LogP contribution in [0.25, 0.3) is 0 Å². The Morgan fingerprint density at radius 1 is 1.05 bits per heavy atom. The molecule has 0 spiro atoms. The molecule has 0 unspecified atom stereocenters. The van der Waals surface area contributed by atoms with Crippen LogP contribution in [-0.2, 0) is 16.6 Å². The standard InChI is InChI=1S/C13H11Cl2NO3S/c14-10-2-1-9(13(15)7-10)8-19-11-3-5-12(6-4-11)20(16,17)18/h1-7H,8H2,(H2,16,17,18). The van der Waals surface area contributed by atoms with Gasteiger partial charge in [-0.1, -0.05) is 29.3 Å². The molecule has 2 aromatic rings. The summed E-state index contributed by atoms with van der Waals surface area (Å²) in [4.78, 5) is 0.0365. The number of hydrogen-bond donors (Lipinski definition) is 1. The lowest BCUT2D eigenvalue weighted by molar-refractivity contribution is 0.306. The zero-order valence-electron chi connectivity index (χ0n) is 10.2. The van der Waals surface area contributed by atoms with Gasteiger partial charge in [0.2, 0.25) is 10.0 Å². The molecule has 0 bridgehead atoms. The molecule has 106 valence electrons. The molecule has 20 heavy (non-hydrogen) atoms. The first-order valence-electron chi connectivity index (χ1n) is 5.56. The van der Waals surface area contributed by atoms with E-state index in [2.05, 4.69) is 0 Å². The van der Waals surface area contributed by atoms with Crippen molar-refractivity contribution >= 4 is 33.2 Å².